The Morgan fingerprint density at radius 1 is 0.276 bits per heavy atom. The normalized spacial score (nSPS) is 12.3. The van der Waals surface area contributed by atoms with Gasteiger partial charge in [-0.15, -0.1) is 0 Å². The van der Waals surface area contributed by atoms with Crippen molar-refractivity contribution in [2.24, 2.45) is 0 Å². The smallest absolute Gasteiger partial charge is 0.182 e. The van der Waals surface area contributed by atoms with Crippen LogP contribution >= 0.6 is 23.5 Å². The summed E-state index contributed by atoms with van der Waals surface area (Å²) >= 11 is 3.53. The van der Waals surface area contributed by atoms with Crippen molar-refractivity contribution in [3.05, 3.63) is 231 Å². The standard InChI is InChI=1S/C62H38N12S2/c1-5-23-53-49(19-1)73(50-20-2-6-24-54(50)75-53)45-33-41(31-43(35-45)59-67-57(39-15-13-27-63-37-39)69-61(71-59)47-17-9-11-29-65-47)42-32-44(36-46(34-42)74-51-21-3-7-25-55(51)76-56-26-8-4-22-52(56)74)60-68-58(40-16-14-28-64-38-40)70-62(72-60)48-18-10-12-30-66-48/h1-38H. The molecule has 0 saturated heterocycles. The van der Waals surface area contributed by atoms with Gasteiger partial charge in [-0.25, -0.2) is 29.9 Å². The Morgan fingerprint density at radius 3 is 0.974 bits per heavy atom. The summed E-state index contributed by atoms with van der Waals surface area (Å²) in [5, 5.41) is 0. The average molecular weight is 1020 g/mol. The van der Waals surface area contributed by atoms with Crippen molar-refractivity contribution < 1.29 is 0 Å². The van der Waals surface area contributed by atoms with Gasteiger partial charge in [0.25, 0.3) is 0 Å². The van der Waals surface area contributed by atoms with Crippen molar-refractivity contribution in [3.8, 4) is 79.7 Å². The fourth-order valence-corrected chi connectivity index (χ4v) is 11.6. The summed E-state index contributed by atoms with van der Waals surface area (Å²) in [5.41, 5.74) is 12.1. The van der Waals surface area contributed by atoms with E-state index in [1.807, 2.05) is 60.7 Å². The molecule has 14 rings (SSSR count). The number of para-hydroxylation sites is 4. The second-order valence-corrected chi connectivity index (χ2v) is 20.0. The maximum atomic E-state index is 5.23. The number of fused-ring (bicyclic) bond motifs is 4. The van der Waals surface area contributed by atoms with Crippen LogP contribution in [0.5, 0.6) is 0 Å². The van der Waals surface area contributed by atoms with Gasteiger partial charge in [0.05, 0.1) is 22.7 Å². The highest BCUT2D eigenvalue weighted by atomic mass is 32.2. The first-order valence-electron chi connectivity index (χ1n) is 24.4. The molecule has 2 aliphatic heterocycles. The van der Waals surface area contributed by atoms with Crippen LogP contribution in [-0.2, 0) is 0 Å². The molecule has 0 unspecified atom stereocenters. The van der Waals surface area contributed by atoms with E-state index in [9.17, 15) is 0 Å². The zero-order chi connectivity index (χ0) is 50.4. The molecule has 0 saturated carbocycles. The van der Waals surface area contributed by atoms with Crippen molar-refractivity contribution in [2.75, 3.05) is 9.80 Å². The highest BCUT2D eigenvalue weighted by Gasteiger charge is 2.29. The predicted octanol–water partition coefficient (Wildman–Crippen LogP) is 15.2. The molecule has 6 aromatic carbocycles. The number of nitrogens with zero attached hydrogens (tertiary/aromatic N) is 12. The monoisotopic (exact) mass is 1010 g/mol. The highest BCUT2D eigenvalue weighted by Crippen LogP contribution is 2.54. The Labute approximate surface area is 445 Å². The van der Waals surface area contributed by atoms with E-state index in [1.165, 1.54) is 0 Å². The Kier molecular flexibility index (Phi) is 11.4. The van der Waals surface area contributed by atoms with E-state index in [-0.39, 0.29) is 0 Å². The molecule has 0 amide bonds. The molecule has 0 bridgehead atoms. The van der Waals surface area contributed by atoms with Gasteiger partial charge in [-0.1, -0.05) is 84.2 Å². The summed E-state index contributed by atoms with van der Waals surface area (Å²) in [5.74, 6) is 2.77. The van der Waals surface area contributed by atoms with E-state index >= 15 is 0 Å². The molecule has 6 aromatic heterocycles. The molecule has 0 spiro atoms. The average Bonchev–Trinajstić information content (AvgIpc) is 3.55. The van der Waals surface area contributed by atoms with Crippen LogP contribution in [0.25, 0.3) is 79.7 Å². The van der Waals surface area contributed by atoms with E-state index in [1.54, 1.807) is 60.7 Å². The summed E-state index contributed by atoms with van der Waals surface area (Å²) in [7, 11) is 0. The molecule has 76 heavy (non-hydrogen) atoms. The van der Waals surface area contributed by atoms with E-state index in [4.69, 9.17) is 39.9 Å². The predicted molar refractivity (Wildman–Crippen MR) is 300 cm³/mol. The number of rotatable bonds is 9. The van der Waals surface area contributed by atoms with Gasteiger partial charge >= 0.3 is 0 Å². The van der Waals surface area contributed by atoms with Crippen molar-refractivity contribution in [3.63, 3.8) is 0 Å². The molecular weight excluding hydrogens is 977 g/mol. The summed E-state index contributed by atoms with van der Waals surface area (Å²) in [6, 6.07) is 66.4. The van der Waals surface area contributed by atoms with E-state index < -0.39 is 0 Å². The van der Waals surface area contributed by atoms with E-state index in [0.717, 1.165) is 87.1 Å². The molecule has 2 aliphatic rings. The topological polar surface area (TPSA) is 135 Å². The van der Waals surface area contributed by atoms with Gasteiger partial charge in [-0.05, 0) is 145 Å². The van der Waals surface area contributed by atoms with Gasteiger partial charge < -0.3 is 9.80 Å². The lowest BCUT2D eigenvalue weighted by Gasteiger charge is -2.34. The highest BCUT2D eigenvalue weighted by molar-refractivity contribution is 8.00. The molecule has 0 fully saturated rings. The molecule has 358 valence electrons. The summed E-state index contributed by atoms with van der Waals surface area (Å²) in [6.45, 7) is 0. The second-order valence-electron chi connectivity index (χ2n) is 17.8. The summed E-state index contributed by atoms with van der Waals surface area (Å²) in [6.07, 6.45) is 10.5. The van der Waals surface area contributed by atoms with Crippen LogP contribution in [0.15, 0.2) is 251 Å². The van der Waals surface area contributed by atoms with Crippen LogP contribution < -0.4 is 9.80 Å². The Balaban J connectivity index is 1.05. The minimum absolute atomic E-state index is 0.439. The third-order valence-corrected chi connectivity index (χ3v) is 15.2. The zero-order valence-electron chi connectivity index (χ0n) is 40.1. The summed E-state index contributed by atoms with van der Waals surface area (Å²) in [4.78, 5) is 58.3. The maximum Gasteiger partial charge on any atom is 0.182 e. The largest absolute Gasteiger partial charge is 0.308 e. The van der Waals surface area contributed by atoms with Crippen LogP contribution in [0.3, 0.4) is 0 Å². The third kappa shape index (κ3) is 8.46. The van der Waals surface area contributed by atoms with Crippen LogP contribution in [0.2, 0.25) is 0 Å². The van der Waals surface area contributed by atoms with Crippen molar-refractivity contribution in [1.29, 1.82) is 0 Å². The molecule has 0 radical (unpaired) electrons. The van der Waals surface area contributed by atoms with Gasteiger partial charge in [0.15, 0.2) is 34.9 Å². The second kappa shape index (κ2) is 19.3. The Bertz CT molecular complexity index is 3680. The molecule has 0 N–H and O–H groups in total. The number of anilines is 6. The quantitative estimate of drug-likeness (QED) is 0.136. The van der Waals surface area contributed by atoms with Gasteiger partial charge in [-0.2, -0.15) is 0 Å². The minimum atomic E-state index is 0.439. The van der Waals surface area contributed by atoms with Crippen LogP contribution in [-0.4, -0.2) is 49.8 Å². The lowest BCUT2D eigenvalue weighted by atomic mass is 9.97. The fourth-order valence-electron chi connectivity index (χ4n) is 9.52. The van der Waals surface area contributed by atoms with Crippen LogP contribution in [0.4, 0.5) is 34.1 Å². The fraction of sp³-hybridized carbons (Fsp3) is 0. The molecule has 0 aliphatic carbocycles. The number of aromatic nitrogens is 10. The maximum absolute atomic E-state index is 5.23. The molecule has 8 heterocycles. The molecular formula is C62H38N12S2. The number of pyridine rings is 4. The lowest BCUT2D eigenvalue weighted by Crippen LogP contribution is -2.15. The van der Waals surface area contributed by atoms with E-state index in [0.29, 0.717) is 46.3 Å². The SMILES string of the molecule is c1ccc(-c2nc(-c3cccnc3)nc(-c3cc(-c4cc(-c5nc(-c6cccnc6)nc(-c6ccccn6)n5)cc(N5c6ccccc6Sc6ccccc65)c4)cc(N4c5ccccc5Sc5ccccc54)c3)n2)nc1. The number of hydrogen-bond acceptors (Lipinski definition) is 14. The zero-order valence-corrected chi connectivity index (χ0v) is 41.8. The van der Waals surface area contributed by atoms with Gasteiger partial charge in [-0.3, -0.25) is 19.9 Å². The van der Waals surface area contributed by atoms with Crippen molar-refractivity contribution in [1.82, 2.24) is 49.8 Å². The number of benzene rings is 6. The Morgan fingerprint density at radius 2 is 0.618 bits per heavy atom. The number of hydrogen-bond donors (Lipinski definition) is 0. The molecule has 0 atom stereocenters. The molecule has 12 nitrogen and oxygen atoms in total. The van der Waals surface area contributed by atoms with E-state index in [2.05, 4.69) is 153 Å². The van der Waals surface area contributed by atoms with Crippen LogP contribution in [0, 0.1) is 0 Å². The minimum Gasteiger partial charge on any atom is -0.308 e. The van der Waals surface area contributed by atoms with Gasteiger partial charge in [0.2, 0.25) is 0 Å². The first kappa shape index (κ1) is 44.9. The first-order chi connectivity index (χ1) is 37.6. The lowest BCUT2D eigenvalue weighted by molar-refractivity contribution is 1.05. The van der Waals surface area contributed by atoms with Crippen molar-refractivity contribution in [2.45, 2.75) is 19.6 Å². The summed E-state index contributed by atoms with van der Waals surface area (Å²) < 4.78 is 0. The Hall–Kier alpha value is -9.76. The third-order valence-electron chi connectivity index (χ3n) is 13.0. The van der Waals surface area contributed by atoms with Gasteiger partial charge in [0, 0.05) is 90.4 Å². The molecule has 14 heteroatoms. The molecule has 12 aromatic rings. The van der Waals surface area contributed by atoms with Gasteiger partial charge in [0.1, 0.15) is 11.4 Å². The first-order valence-corrected chi connectivity index (χ1v) is 26.1. The van der Waals surface area contributed by atoms with Crippen molar-refractivity contribution >= 4 is 57.6 Å². The van der Waals surface area contributed by atoms with Crippen LogP contribution in [0.1, 0.15) is 0 Å².